The van der Waals surface area contributed by atoms with E-state index in [4.69, 9.17) is 5.26 Å². The molecule has 0 radical (unpaired) electrons. The molecule has 0 aliphatic carbocycles. The molecule has 258 valence electrons. The predicted molar refractivity (Wildman–Crippen MR) is 211 cm³/mol. The van der Waals surface area contributed by atoms with Crippen LogP contribution in [0.25, 0.3) is 38.5 Å². The minimum Gasteiger partial charge on any atom is -0.330 e. The molecule has 1 aliphatic heterocycles. The van der Waals surface area contributed by atoms with E-state index < -0.39 is 10.1 Å². The second-order valence-corrected chi connectivity index (χ2v) is 16.6. The standard InChI is InChI=1S/C41H30N2O5S4/c44-48-51-34-15-7-9-28(21-34)26-42-36-23-32(30-11-3-1-4-12-30)17-19-38(36)49-40(42)25-41-43(27-29-10-8-16-35(22-29)52(45,46)47)37-24-33(18-20-39(37)50-41)31-13-5-2-6-14-31/h1-25H,26-27H2,(H-,44,45,46,47)/p+1. The van der Waals surface area contributed by atoms with E-state index in [1.807, 2.05) is 60.7 Å². The Morgan fingerprint density at radius 3 is 2.15 bits per heavy atom. The predicted octanol–water partition coefficient (Wildman–Crippen LogP) is 10.4. The molecular weight excluding hydrogens is 729 g/mol. The van der Waals surface area contributed by atoms with Gasteiger partial charge >= 0.3 is 0 Å². The molecule has 6 aromatic carbocycles. The average Bonchev–Trinajstić information content (AvgIpc) is 3.68. The number of fused-ring (bicyclic) bond motifs is 2. The van der Waals surface area contributed by atoms with Crippen molar-refractivity contribution in [2.75, 3.05) is 4.90 Å². The minimum atomic E-state index is -4.37. The van der Waals surface area contributed by atoms with E-state index in [0.29, 0.717) is 13.1 Å². The fourth-order valence-corrected chi connectivity index (χ4v) is 9.58. The van der Waals surface area contributed by atoms with Gasteiger partial charge in [0, 0.05) is 28.0 Å². The molecule has 0 bridgehead atoms. The van der Waals surface area contributed by atoms with Crippen molar-refractivity contribution in [1.29, 1.82) is 0 Å². The Kier molecular flexibility index (Phi) is 9.73. The summed E-state index contributed by atoms with van der Waals surface area (Å²) in [7, 11) is -4.37. The summed E-state index contributed by atoms with van der Waals surface area (Å²) < 4.78 is 41.6. The van der Waals surface area contributed by atoms with Crippen molar-refractivity contribution < 1.29 is 27.1 Å². The summed E-state index contributed by atoms with van der Waals surface area (Å²) in [5.74, 6) is 0. The van der Waals surface area contributed by atoms with Gasteiger partial charge in [0.1, 0.15) is 4.70 Å². The average molecular weight is 760 g/mol. The van der Waals surface area contributed by atoms with E-state index in [-0.39, 0.29) is 4.90 Å². The third kappa shape index (κ3) is 7.30. The first kappa shape index (κ1) is 34.4. The van der Waals surface area contributed by atoms with Crippen LogP contribution in [0.15, 0.2) is 165 Å². The van der Waals surface area contributed by atoms with E-state index in [1.165, 1.54) is 12.1 Å². The Morgan fingerprint density at radius 2 is 1.42 bits per heavy atom. The molecule has 7 nitrogen and oxygen atoms in total. The van der Waals surface area contributed by atoms with Gasteiger partial charge in [0.05, 0.1) is 33.7 Å². The molecule has 0 spiro atoms. The highest BCUT2D eigenvalue weighted by atomic mass is 32.2. The number of nitrogens with zero attached hydrogens (tertiary/aromatic N) is 2. The molecule has 1 aromatic heterocycles. The van der Waals surface area contributed by atoms with Crippen LogP contribution in [0.5, 0.6) is 0 Å². The van der Waals surface area contributed by atoms with Crippen LogP contribution in [0.3, 0.4) is 0 Å². The van der Waals surface area contributed by atoms with Crippen LogP contribution in [-0.2, 0) is 27.5 Å². The third-order valence-electron chi connectivity index (χ3n) is 8.83. The summed E-state index contributed by atoms with van der Waals surface area (Å²) in [6.45, 7) is 0.959. The summed E-state index contributed by atoms with van der Waals surface area (Å²) in [6.07, 6.45) is 2.21. The molecule has 2 N–H and O–H groups in total. The molecule has 0 saturated carbocycles. The van der Waals surface area contributed by atoms with Crippen molar-refractivity contribution in [1.82, 2.24) is 0 Å². The lowest BCUT2D eigenvalue weighted by atomic mass is 10.0. The quantitative estimate of drug-likeness (QED) is 0.0468. The summed E-state index contributed by atoms with van der Waals surface area (Å²) in [6, 6.07) is 48.0. The lowest BCUT2D eigenvalue weighted by molar-refractivity contribution is -0.659. The molecule has 8 rings (SSSR count). The van der Waals surface area contributed by atoms with Gasteiger partial charge in [-0.1, -0.05) is 120 Å². The van der Waals surface area contributed by atoms with Crippen molar-refractivity contribution in [3.63, 3.8) is 0 Å². The van der Waals surface area contributed by atoms with Crippen molar-refractivity contribution in [2.24, 2.45) is 0 Å². The smallest absolute Gasteiger partial charge is 0.294 e. The van der Waals surface area contributed by atoms with E-state index in [9.17, 15) is 13.0 Å². The third-order valence-corrected chi connectivity index (χ3v) is 12.4. The van der Waals surface area contributed by atoms with Gasteiger partial charge in [0.25, 0.3) is 15.1 Å². The van der Waals surface area contributed by atoms with Gasteiger partial charge < -0.3 is 4.90 Å². The molecule has 0 amide bonds. The Balaban J connectivity index is 1.27. The topological polar surface area (TPSA) is 91.0 Å². The molecule has 0 fully saturated rings. The van der Waals surface area contributed by atoms with E-state index >= 15 is 0 Å². The van der Waals surface area contributed by atoms with Gasteiger partial charge in [0.2, 0.25) is 5.52 Å². The van der Waals surface area contributed by atoms with Gasteiger partial charge in [-0.3, -0.25) is 4.55 Å². The first-order valence-corrected chi connectivity index (χ1v) is 20.2. The first-order valence-electron chi connectivity index (χ1n) is 16.3. The number of rotatable bonds is 10. The lowest BCUT2D eigenvalue weighted by Crippen LogP contribution is -2.36. The monoisotopic (exact) mass is 759 g/mol. The van der Waals surface area contributed by atoms with E-state index in [1.54, 1.807) is 29.2 Å². The van der Waals surface area contributed by atoms with Crippen LogP contribution in [0, 0.1) is 0 Å². The number of hydrogen-bond acceptors (Lipinski definition) is 8. The van der Waals surface area contributed by atoms with Crippen LogP contribution in [0.1, 0.15) is 16.1 Å². The van der Waals surface area contributed by atoms with Crippen LogP contribution in [0.2, 0.25) is 0 Å². The maximum absolute atomic E-state index is 12.1. The summed E-state index contributed by atoms with van der Waals surface area (Å²) in [5.41, 5.74) is 8.33. The number of anilines is 1. The Hall–Kier alpha value is -4.72. The largest absolute Gasteiger partial charge is 0.330 e. The Labute approximate surface area is 314 Å². The fraction of sp³-hybridized carbons (Fsp3) is 0.0488. The molecule has 1 aliphatic rings. The zero-order valence-electron chi connectivity index (χ0n) is 27.5. The van der Waals surface area contributed by atoms with Crippen molar-refractivity contribution in [2.45, 2.75) is 27.8 Å². The van der Waals surface area contributed by atoms with Gasteiger partial charge in [-0.25, -0.2) is 5.26 Å². The molecule has 7 aromatic rings. The number of hydrogen-bond donors (Lipinski definition) is 2. The van der Waals surface area contributed by atoms with Crippen molar-refractivity contribution in [3.8, 4) is 22.3 Å². The molecule has 52 heavy (non-hydrogen) atoms. The molecule has 0 saturated heterocycles. The number of aromatic nitrogens is 1. The summed E-state index contributed by atoms with van der Waals surface area (Å²) in [5, 5.41) is 11.1. The van der Waals surface area contributed by atoms with Crippen LogP contribution in [0.4, 0.5) is 5.69 Å². The Bertz CT molecular complexity index is 2560. The molecule has 11 heteroatoms. The lowest BCUT2D eigenvalue weighted by Gasteiger charge is -2.21. The summed E-state index contributed by atoms with van der Waals surface area (Å²) in [4.78, 5) is 4.11. The molecular formula is C41H31N2O5S4+. The number of benzene rings is 6. The number of thiazole rings is 1. The minimum absolute atomic E-state index is 0.135. The fourth-order valence-electron chi connectivity index (χ4n) is 6.38. The van der Waals surface area contributed by atoms with E-state index in [2.05, 4.69) is 86.6 Å². The second kappa shape index (κ2) is 14.7. The first-order chi connectivity index (χ1) is 25.3. The van der Waals surface area contributed by atoms with Crippen LogP contribution >= 0.6 is 35.1 Å². The van der Waals surface area contributed by atoms with Gasteiger partial charge in [0.15, 0.2) is 6.54 Å². The van der Waals surface area contributed by atoms with Crippen molar-refractivity contribution in [3.05, 3.63) is 167 Å². The van der Waals surface area contributed by atoms with E-state index in [0.717, 1.165) is 81.2 Å². The zero-order chi connectivity index (χ0) is 35.7. The van der Waals surface area contributed by atoms with Gasteiger partial charge in [-0.05, 0) is 70.3 Å². The molecule has 0 atom stereocenters. The summed E-state index contributed by atoms with van der Waals surface area (Å²) >= 11 is 4.28. The Morgan fingerprint density at radius 1 is 0.731 bits per heavy atom. The zero-order valence-corrected chi connectivity index (χ0v) is 30.8. The highest BCUT2D eigenvalue weighted by molar-refractivity contribution is 8.04. The van der Waals surface area contributed by atoms with Crippen molar-refractivity contribution >= 4 is 67.2 Å². The normalized spacial score (nSPS) is 13.6. The van der Waals surface area contributed by atoms with Crippen LogP contribution in [-0.4, -0.2) is 18.2 Å². The number of thioether (sulfide) groups is 1. The molecule has 2 heterocycles. The highest BCUT2D eigenvalue weighted by Crippen LogP contribution is 2.49. The SMILES string of the molecule is O=S(=O)(O)c1cccc(C[n+]2c(C=C3Sc4ccc(-c5ccccc5)cc4N3Cc3cccc(SOO)c3)sc3ccc(-c4ccccc4)cc32)c1. The van der Waals surface area contributed by atoms with Crippen LogP contribution < -0.4 is 9.47 Å². The maximum Gasteiger partial charge on any atom is 0.294 e. The maximum atomic E-state index is 12.1. The van der Waals surface area contributed by atoms with Gasteiger partial charge in [-0.15, -0.1) is 0 Å². The second-order valence-electron chi connectivity index (χ2n) is 12.2. The highest BCUT2D eigenvalue weighted by Gasteiger charge is 2.29. The van der Waals surface area contributed by atoms with Gasteiger partial charge in [-0.2, -0.15) is 17.3 Å². The molecule has 0 unspecified atom stereocenters.